The predicted molar refractivity (Wildman–Crippen MR) is 63.1 cm³/mol. The molecule has 94 valence electrons. The highest BCUT2D eigenvalue weighted by molar-refractivity contribution is 5.81. The fourth-order valence-electron chi connectivity index (χ4n) is 1.74. The van der Waals surface area contributed by atoms with Gasteiger partial charge in [0.2, 0.25) is 5.91 Å². The third kappa shape index (κ3) is 3.73. The van der Waals surface area contributed by atoms with Crippen molar-refractivity contribution in [2.45, 2.75) is 32.4 Å². The molecule has 16 heavy (non-hydrogen) atoms. The van der Waals surface area contributed by atoms with E-state index in [-0.39, 0.29) is 11.4 Å². The molecule has 0 saturated carbocycles. The molecule has 1 atom stereocenters. The molecule has 0 aromatic carbocycles. The highest BCUT2D eigenvalue weighted by Crippen LogP contribution is 2.14. The number of amides is 1. The van der Waals surface area contributed by atoms with Crippen LogP contribution in [0.1, 0.15) is 20.8 Å². The van der Waals surface area contributed by atoms with Crippen LogP contribution in [0.3, 0.4) is 0 Å². The first kappa shape index (κ1) is 13.4. The van der Waals surface area contributed by atoms with Gasteiger partial charge in [0.15, 0.2) is 0 Å². The first-order valence-electron chi connectivity index (χ1n) is 5.79. The number of nitrogens with zero attached hydrogens (tertiary/aromatic N) is 1. The highest BCUT2D eigenvalue weighted by atomic mass is 16.5. The average Bonchev–Trinajstić information content (AvgIpc) is 2.27. The molecule has 1 heterocycles. The van der Waals surface area contributed by atoms with Crippen LogP contribution in [-0.2, 0) is 9.53 Å². The Bertz CT molecular complexity index is 235. The fraction of sp³-hybridized carbons (Fsp3) is 0.909. The first-order chi connectivity index (χ1) is 7.43. The second-order valence-corrected chi connectivity index (χ2v) is 4.92. The lowest BCUT2D eigenvalue weighted by atomic mass is 10.0. The predicted octanol–water partition coefficient (Wildman–Crippen LogP) is -0.439. The van der Waals surface area contributed by atoms with Gasteiger partial charge in [-0.2, -0.15) is 0 Å². The van der Waals surface area contributed by atoms with E-state index in [2.05, 4.69) is 24.1 Å². The maximum atomic E-state index is 11.4. The molecule has 1 aliphatic heterocycles. The number of nitrogens with two attached hydrogens (primary N) is 1. The van der Waals surface area contributed by atoms with Crippen molar-refractivity contribution in [3.8, 4) is 0 Å². The van der Waals surface area contributed by atoms with Crippen LogP contribution < -0.4 is 11.1 Å². The molecule has 5 nitrogen and oxygen atoms in total. The first-order valence-corrected chi connectivity index (χ1v) is 5.79. The minimum atomic E-state index is -0.444. The van der Waals surface area contributed by atoms with E-state index in [1.54, 1.807) is 6.92 Å². The van der Waals surface area contributed by atoms with E-state index < -0.39 is 6.04 Å². The second kappa shape index (κ2) is 5.61. The van der Waals surface area contributed by atoms with Gasteiger partial charge in [-0.1, -0.05) is 0 Å². The van der Waals surface area contributed by atoms with E-state index >= 15 is 0 Å². The molecule has 0 aromatic rings. The Morgan fingerprint density at radius 1 is 1.50 bits per heavy atom. The molecule has 0 aliphatic carbocycles. The van der Waals surface area contributed by atoms with Crippen molar-refractivity contribution in [1.29, 1.82) is 0 Å². The molecular weight excluding hydrogens is 206 g/mol. The van der Waals surface area contributed by atoms with E-state index in [4.69, 9.17) is 10.5 Å². The zero-order valence-corrected chi connectivity index (χ0v) is 10.5. The maximum Gasteiger partial charge on any atom is 0.236 e. The number of carbonyl (C=O) groups is 1. The Labute approximate surface area is 97.3 Å². The largest absolute Gasteiger partial charge is 0.379 e. The van der Waals surface area contributed by atoms with Crippen LogP contribution in [0.2, 0.25) is 0 Å². The summed E-state index contributed by atoms with van der Waals surface area (Å²) in [6.07, 6.45) is 0. The third-order valence-corrected chi connectivity index (χ3v) is 2.98. The lowest BCUT2D eigenvalue weighted by Crippen LogP contribution is -2.56. The molecule has 5 heteroatoms. The molecule has 0 bridgehead atoms. The lowest BCUT2D eigenvalue weighted by molar-refractivity contribution is -0.122. The van der Waals surface area contributed by atoms with Crippen molar-refractivity contribution in [1.82, 2.24) is 10.2 Å². The number of morpholine rings is 1. The van der Waals surface area contributed by atoms with Crippen molar-refractivity contribution in [3.05, 3.63) is 0 Å². The number of carbonyl (C=O) groups excluding carboxylic acids is 1. The van der Waals surface area contributed by atoms with E-state index in [9.17, 15) is 4.79 Å². The minimum absolute atomic E-state index is 0.0473. The SMILES string of the molecule is C[C@H](N)C(=O)NCC(C)(C)N1CCOCC1. The molecule has 1 rings (SSSR count). The molecule has 1 saturated heterocycles. The Balaban J connectivity index is 2.40. The molecule has 0 radical (unpaired) electrons. The fourth-order valence-corrected chi connectivity index (χ4v) is 1.74. The third-order valence-electron chi connectivity index (χ3n) is 2.98. The number of ether oxygens (including phenoxy) is 1. The number of hydrogen-bond acceptors (Lipinski definition) is 4. The smallest absolute Gasteiger partial charge is 0.236 e. The summed E-state index contributed by atoms with van der Waals surface area (Å²) in [6, 6.07) is -0.444. The van der Waals surface area contributed by atoms with Crippen molar-refractivity contribution in [2.75, 3.05) is 32.8 Å². The van der Waals surface area contributed by atoms with Gasteiger partial charge < -0.3 is 15.8 Å². The topological polar surface area (TPSA) is 67.6 Å². The van der Waals surface area contributed by atoms with Crippen LogP contribution in [0.5, 0.6) is 0 Å². The van der Waals surface area contributed by atoms with Crippen LogP contribution in [0.25, 0.3) is 0 Å². The summed E-state index contributed by atoms with van der Waals surface area (Å²) >= 11 is 0. The molecule has 0 aromatic heterocycles. The zero-order chi connectivity index (χ0) is 12.2. The van der Waals surface area contributed by atoms with Gasteiger partial charge in [-0.3, -0.25) is 9.69 Å². The Morgan fingerprint density at radius 3 is 2.56 bits per heavy atom. The molecule has 0 spiro atoms. The van der Waals surface area contributed by atoms with Gasteiger partial charge in [-0.15, -0.1) is 0 Å². The van der Waals surface area contributed by atoms with Crippen molar-refractivity contribution in [3.63, 3.8) is 0 Å². The van der Waals surface area contributed by atoms with E-state index in [1.807, 2.05) is 0 Å². The van der Waals surface area contributed by atoms with Crippen LogP contribution in [0.15, 0.2) is 0 Å². The zero-order valence-electron chi connectivity index (χ0n) is 10.5. The highest BCUT2D eigenvalue weighted by Gasteiger charge is 2.28. The standard InChI is InChI=1S/C11H23N3O2/c1-9(12)10(15)13-8-11(2,3)14-4-6-16-7-5-14/h9H,4-8,12H2,1-3H3,(H,13,15)/t9-/m0/s1. The van der Waals surface area contributed by atoms with Crippen LogP contribution in [-0.4, -0.2) is 55.2 Å². The average molecular weight is 229 g/mol. The lowest BCUT2D eigenvalue weighted by Gasteiger charge is -2.40. The van der Waals surface area contributed by atoms with Gasteiger partial charge >= 0.3 is 0 Å². The second-order valence-electron chi connectivity index (χ2n) is 4.92. The summed E-state index contributed by atoms with van der Waals surface area (Å²) in [6.45, 7) is 9.93. The molecule has 1 aliphatic rings. The normalized spacial score (nSPS) is 20.5. The van der Waals surface area contributed by atoms with Gasteiger partial charge in [0, 0.05) is 25.2 Å². The summed E-state index contributed by atoms with van der Waals surface area (Å²) in [5.41, 5.74) is 5.45. The Morgan fingerprint density at radius 2 is 2.06 bits per heavy atom. The van der Waals surface area contributed by atoms with Gasteiger partial charge in [0.05, 0.1) is 19.3 Å². The maximum absolute atomic E-state index is 11.4. The van der Waals surface area contributed by atoms with E-state index in [1.165, 1.54) is 0 Å². The summed E-state index contributed by atoms with van der Waals surface area (Å²) in [5.74, 6) is -0.0960. The van der Waals surface area contributed by atoms with Crippen LogP contribution in [0.4, 0.5) is 0 Å². The summed E-state index contributed by atoms with van der Waals surface area (Å²) in [5, 5.41) is 2.87. The summed E-state index contributed by atoms with van der Waals surface area (Å²) in [4.78, 5) is 13.7. The van der Waals surface area contributed by atoms with E-state index in [0.29, 0.717) is 6.54 Å². The van der Waals surface area contributed by atoms with Gasteiger partial charge in [-0.25, -0.2) is 0 Å². The van der Waals surface area contributed by atoms with Gasteiger partial charge in [0.25, 0.3) is 0 Å². The molecule has 1 fully saturated rings. The number of hydrogen-bond donors (Lipinski definition) is 2. The number of nitrogens with one attached hydrogen (secondary N) is 1. The van der Waals surface area contributed by atoms with Crippen molar-refractivity contribution in [2.24, 2.45) is 5.73 Å². The number of rotatable bonds is 4. The Kier molecular flexibility index (Phi) is 4.70. The summed E-state index contributed by atoms with van der Waals surface area (Å²) < 4.78 is 5.31. The van der Waals surface area contributed by atoms with Gasteiger partial charge in [-0.05, 0) is 20.8 Å². The molecule has 1 amide bonds. The van der Waals surface area contributed by atoms with Crippen molar-refractivity contribution >= 4 is 5.91 Å². The summed E-state index contributed by atoms with van der Waals surface area (Å²) in [7, 11) is 0. The molecular formula is C11H23N3O2. The Hall–Kier alpha value is -0.650. The van der Waals surface area contributed by atoms with Crippen LogP contribution >= 0.6 is 0 Å². The minimum Gasteiger partial charge on any atom is -0.379 e. The van der Waals surface area contributed by atoms with Crippen molar-refractivity contribution < 1.29 is 9.53 Å². The van der Waals surface area contributed by atoms with E-state index in [0.717, 1.165) is 26.3 Å². The quantitative estimate of drug-likeness (QED) is 0.686. The monoisotopic (exact) mass is 229 g/mol. The molecule has 0 unspecified atom stereocenters. The van der Waals surface area contributed by atoms with Gasteiger partial charge in [0.1, 0.15) is 0 Å². The van der Waals surface area contributed by atoms with Crippen LogP contribution in [0, 0.1) is 0 Å². The molecule has 3 N–H and O–H groups in total.